The summed E-state index contributed by atoms with van der Waals surface area (Å²) in [5.41, 5.74) is 0.705. The summed E-state index contributed by atoms with van der Waals surface area (Å²) in [4.78, 5) is 16.0. The van der Waals surface area contributed by atoms with Crippen LogP contribution in [0.1, 0.15) is 10.4 Å². The number of rotatable bonds is 4. The quantitative estimate of drug-likeness (QED) is 0.587. The van der Waals surface area contributed by atoms with Crippen LogP contribution in [0.5, 0.6) is 0 Å². The van der Waals surface area contributed by atoms with Gasteiger partial charge in [-0.1, -0.05) is 11.8 Å². The third kappa shape index (κ3) is 3.18. The summed E-state index contributed by atoms with van der Waals surface area (Å²) >= 11 is 9.61. The molecule has 90 valence electrons. The molecule has 2 rings (SSSR count). The monoisotopic (exact) mass is 395 g/mol. The van der Waals surface area contributed by atoms with Crippen LogP contribution >= 0.6 is 55.0 Å². The number of aryl methyl sites for hydroxylation is 1. The van der Waals surface area contributed by atoms with Crippen molar-refractivity contribution in [3.8, 4) is 0 Å². The van der Waals surface area contributed by atoms with E-state index in [1.54, 1.807) is 11.7 Å². The Bertz CT molecular complexity index is 552. The highest BCUT2D eigenvalue weighted by molar-refractivity contribution is 9.12. The molecule has 0 bridgehead atoms. The molecular weight excluding hydrogens is 390 g/mol. The summed E-state index contributed by atoms with van der Waals surface area (Å²) in [7, 11) is 1.80. The van der Waals surface area contributed by atoms with Gasteiger partial charge in [0, 0.05) is 12.6 Å². The van der Waals surface area contributed by atoms with Crippen LogP contribution in [0, 0.1) is 0 Å². The average molecular weight is 397 g/mol. The van der Waals surface area contributed by atoms with E-state index in [2.05, 4.69) is 41.9 Å². The largest absolute Gasteiger partial charge is 0.293 e. The van der Waals surface area contributed by atoms with Gasteiger partial charge >= 0.3 is 0 Å². The zero-order chi connectivity index (χ0) is 12.4. The van der Waals surface area contributed by atoms with Crippen LogP contribution in [0.3, 0.4) is 0 Å². The minimum absolute atomic E-state index is 0.0758. The highest BCUT2D eigenvalue weighted by Gasteiger charge is 2.15. The molecule has 17 heavy (non-hydrogen) atoms. The topological polar surface area (TPSA) is 47.8 Å². The van der Waals surface area contributed by atoms with Crippen molar-refractivity contribution < 1.29 is 4.79 Å². The third-order valence-corrected chi connectivity index (χ3v) is 5.33. The Hall–Kier alpha value is -0.180. The maximum atomic E-state index is 12.0. The second-order valence-corrected chi connectivity index (χ2v) is 7.81. The van der Waals surface area contributed by atoms with Gasteiger partial charge in [-0.15, -0.1) is 11.3 Å². The van der Waals surface area contributed by atoms with Gasteiger partial charge < -0.3 is 0 Å². The molecular formula is C9H7Br2N3OS2. The summed E-state index contributed by atoms with van der Waals surface area (Å²) in [6.07, 6.45) is 1.48. The van der Waals surface area contributed by atoms with E-state index >= 15 is 0 Å². The van der Waals surface area contributed by atoms with Gasteiger partial charge in [0.15, 0.2) is 10.9 Å². The molecule has 0 amide bonds. The Kier molecular flexibility index (Phi) is 4.40. The van der Waals surface area contributed by atoms with Crippen molar-refractivity contribution in [2.24, 2.45) is 7.05 Å². The van der Waals surface area contributed by atoms with Crippen molar-refractivity contribution >= 4 is 60.7 Å². The minimum Gasteiger partial charge on any atom is -0.293 e. The minimum atomic E-state index is 0.0758. The molecule has 2 aromatic rings. The Morgan fingerprint density at radius 3 is 2.88 bits per heavy atom. The lowest BCUT2D eigenvalue weighted by atomic mass is 10.2. The van der Waals surface area contributed by atoms with Crippen LogP contribution in [-0.2, 0) is 7.05 Å². The van der Waals surface area contributed by atoms with Crippen molar-refractivity contribution in [3.05, 3.63) is 25.5 Å². The summed E-state index contributed by atoms with van der Waals surface area (Å²) in [5, 5.41) is 4.69. The van der Waals surface area contributed by atoms with E-state index in [1.165, 1.54) is 29.4 Å². The van der Waals surface area contributed by atoms with Crippen LogP contribution in [0.2, 0.25) is 0 Å². The average Bonchev–Trinajstić information content (AvgIpc) is 2.81. The van der Waals surface area contributed by atoms with Crippen molar-refractivity contribution in [2.45, 2.75) is 5.16 Å². The molecule has 2 aromatic heterocycles. The van der Waals surface area contributed by atoms with Crippen LogP contribution in [0.15, 0.2) is 25.1 Å². The molecule has 0 spiro atoms. The van der Waals surface area contributed by atoms with Gasteiger partial charge in [0.1, 0.15) is 6.33 Å². The number of Topliss-reactive ketones (excluding diaryl/α,β-unsaturated/α-hetero) is 1. The number of carbonyl (C=O) groups is 1. The number of thioether (sulfide) groups is 1. The molecule has 0 aliphatic carbocycles. The normalized spacial score (nSPS) is 10.8. The van der Waals surface area contributed by atoms with Gasteiger partial charge in [-0.3, -0.25) is 4.79 Å². The van der Waals surface area contributed by atoms with Gasteiger partial charge in [-0.25, -0.2) is 9.67 Å². The molecule has 4 nitrogen and oxygen atoms in total. The lowest BCUT2D eigenvalue weighted by Gasteiger charge is -1.99. The third-order valence-electron chi connectivity index (χ3n) is 1.96. The van der Waals surface area contributed by atoms with Crippen LogP contribution in [0.4, 0.5) is 0 Å². The van der Waals surface area contributed by atoms with E-state index in [0.29, 0.717) is 11.3 Å². The van der Waals surface area contributed by atoms with Crippen LogP contribution in [-0.4, -0.2) is 26.3 Å². The number of carbonyl (C=O) groups excluding carboxylic acids is 1. The number of aromatic nitrogens is 3. The molecule has 0 saturated carbocycles. The van der Waals surface area contributed by atoms with E-state index in [-0.39, 0.29) is 5.78 Å². The molecule has 0 fully saturated rings. The van der Waals surface area contributed by atoms with Gasteiger partial charge in [-0.05, 0) is 37.9 Å². The smallest absolute Gasteiger partial charge is 0.186 e. The fourth-order valence-electron chi connectivity index (χ4n) is 1.15. The van der Waals surface area contributed by atoms with Gasteiger partial charge in [0.2, 0.25) is 0 Å². The van der Waals surface area contributed by atoms with Gasteiger partial charge in [0.05, 0.1) is 13.3 Å². The standard InChI is InChI=1S/C9H7Br2N3OS2/c1-14-9(12-4-13-14)16-3-6(15)5-2-7(10)17-8(5)11/h2,4H,3H2,1H3. The first-order valence-electron chi connectivity index (χ1n) is 4.52. The lowest BCUT2D eigenvalue weighted by Crippen LogP contribution is -2.03. The van der Waals surface area contributed by atoms with Gasteiger partial charge in [-0.2, -0.15) is 5.10 Å². The first-order chi connectivity index (χ1) is 8.08. The predicted molar refractivity (Wildman–Crippen MR) is 75.8 cm³/mol. The first-order valence-corrected chi connectivity index (χ1v) is 7.91. The molecule has 0 radical (unpaired) electrons. The highest BCUT2D eigenvalue weighted by atomic mass is 79.9. The highest BCUT2D eigenvalue weighted by Crippen LogP contribution is 2.32. The van der Waals surface area contributed by atoms with Crippen molar-refractivity contribution in [1.82, 2.24) is 14.8 Å². The molecule has 0 N–H and O–H groups in total. The zero-order valence-electron chi connectivity index (χ0n) is 8.68. The molecule has 0 unspecified atom stereocenters. The van der Waals surface area contributed by atoms with E-state index in [4.69, 9.17) is 0 Å². The SMILES string of the molecule is Cn1ncnc1SCC(=O)c1cc(Br)sc1Br. The fourth-order valence-corrected chi connectivity index (χ4v) is 4.78. The van der Waals surface area contributed by atoms with Crippen molar-refractivity contribution in [3.63, 3.8) is 0 Å². The van der Waals surface area contributed by atoms with Crippen LogP contribution < -0.4 is 0 Å². The van der Waals surface area contributed by atoms with Crippen molar-refractivity contribution in [2.75, 3.05) is 5.75 Å². The van der Waals surface area contributed by atoms with Gasteiger partial charge in [0.25, 0.3) is 0 Å². The maximum absolute atomic E-state index is 12.0. The lowest BCUT2D eigenvalue weighted by molar-refractivity contribution is 0.102. The Morgan fingerprint density at radius 1 is 1.59 bits per heavy atom. The Morgan fingerprint density at radius 2 is 2.35 bits per heavy atom. The van der Waals surface area contributed by atoms with E-state index in [9.17, 15) is 4.79 Å². The van der Waals surface area contributed by atoms with Crippen molar-refractivity contribution in [1.29, 1.82) is 0 Å². The molecule has 2 heterocycles. The summed E-state index contributed by atoms with van der Waals surface area (Å²) in [5.74, 6) is 0.431. The number of nitrogens with zero attached hydrogens (tertiary/aromatic N) is 3. The Balaban J connectivity index is 2.03. The summed E-state index contributed by atoms with van der Waals surface area (Å²) in [6, 6.07) is 1.83. The fraction of sp³-hybridized carbons (Fsp3) is 0.222. The van der Waals surface area contributed by atoms with E-state index in [0.717, 1.165) is 12.7 Å². The maximum Gasteiger partial charge on any atom is 0.186 e. The van der Waals surface area contributed by atoms with Crippen LogP contribution in [0.25, 0.3) is 0 Å². The molecule has 0 saturated heterocycles. The zero-order valence-corrected chi connectivity index (χ0v) is 13.5. The van der Waals surface area contributed by atoms with E-state index < -0.39 is 0 Å². The number of halogens is 2. The molecule has 0 aliphatic heterocycles. The Labute approximate surface area is 123 Å². The second-order valence-electron chi connectivity index (χ2n) is 3.12. The number of thiophene rings is 1. The summed E-state index contributed by atoms with van der Waals surface area (Å²) in [6.45, 7) is 0. The second kappa shape index (κ2) is 5.64. The molecule has 0 aromatic carbocycles. The number of ketones is 1. The molecule has 8 heteroatoms. The molecule has 0 atom stereocenters. The number of hydrogen-bond donors (Lipinski definition) is 0. The predicted octanol–water partition coefficient (Wildman–Crippen LogP) is 3.38. The first kappa shape index (κ1) is 13.3. The summed E-state index contributed by atoms with van der Waals surface area (Å²) < 4.78 is 3.45. The number of hydrogen-bond acceptors (Lipinski definition) is 5. The van der Waals surface area contributed by atoms with E-state index in [1.807, 2.05) is 6.07 Å². The molecule has 0 aliphatic rings.